The molecule has 4 nitrogen and oxygen atoms in total. The topological polar surface area (TPSA) is 77.4 Å². The first-order valence-corrected chi connectivity index (χ1v) is 11.0. The van der Waals surface area contributed by atoms with Gasteiger partial charge in [0.15, 0.2) is 0 Å². The molecule has 0 saturated heterocycles. The van der Waals surface area contributed by atoms with Crippen LogP contribution in [0, 0.1) is 0 Å². The van der Waals surface area contributed by atoms with Crippen LogP contribution < -0.4 is 29.6 Å². The van der Waals surface area contributed by atoms with Gasteiger partial charge >= 0.3 is 29.6 Å². The van der Waals surface area contributed by atoms with Gasteiger partial charge in [0.25, 0.3) is 0 Å². The van der Waals surface area contributed by atoms with Crippen molar-refractivity contribution in [3.63, 3.8) is 0 Å². The molecular weight excluding hydrogens is 335 g/mol. The molecule has 0 aromatic carbocycles. The van der Waals surface area contributed by atoms with Gasteiger partial charge < -0.3 is 9.66 Å². The van der Waals surface area contributed by atoms with Gasteiger partial charge in [-0.1, -0.05) is 84.0 Å². The molecule has 0 spiro atoms. The summed E-state index contributed by atoms with van der Waals surface area (Å²) in [6.45, 7) is 3.76. The Morgan fingerprint density at radius 1 is 0.833 bits per heavy atom. The number of aliphatic hydroxyl groups is 1. The van der Waals surface area contributed by atoms with Crippen LogP contribution in [-0.2, 0) is 10.1 Å². The summed E-state index contributed by atoms with van der Waals surface area (Å²) in [5, 5.41) is 8.35. The first kappa shape index (κ1) is 27.1. The predicted molar refractivity (Wildman–Crippen MR) is 95.5 cm³/mol. The molecule has 24 heavy (non-hydrogen) atoms. The molecule has 2 atom stereocenters. The van der Waals surface area contributed by atoms with Crippen LogP contribution in [0.4, 0.5) is 0 Å². The SMILES string of the molecule is CCCCCCCCCCCCCCC(CC(C)O)S(=O)(=O)[O-].[Na+]. The quantitative estimate of drug-likeness (QED) is 0.254. The van der Waals surface area contributed by atoms with Crippen molar-refractivity contribution in [2.24, 2.45) is 0 Å². The molecule has 0 aromatic heterocycles. The largest absolute Gasteiger partial charge is 1.00 e. The van der Waals surface area contributed by atoms with Crippen molar-refractivity contribution in [2.75, 3.05) is 0 Å². The van der Waals surface area contributed by atoms with Crippen molar-refractivity contribution >= 4 is 10.1 Å². The minimum atomic E-state index is -4.28. The molecular formula is C18H37NaO4S. The molecule has 0 aliphatic heterocycles. The summed E-state index contributed by atoms with van der Waals surface area (Å²) < 4.78 is 33.4. The average Bonchev–Trinajstić information content (AvgIpc) is 2.45. The molecule has 0 radical (unpaired) electrons. The first-order chi connectivity index (χ1) is 10.9. The summed E-state index contributed by atoms with van der Waals surface area (Å²) in [6.07, 6.45) is 14.4. The molecule has 140 valence electrons. The third-order valence-corrected chi connectivity index (χ3v) is 5.64. The van der Waals surface area contributed by atoms with Crippen LogP contribution in [0.15, 0.2) is 0 Å². The van der Waals surface area contributed by atoms with Gasteiger partial charge in [0.1, 0.15) is 0 Å². The zero-order valence-electron chi connectivity index (χ0n) is 16.1. The van der Waals surface area contributed by atoms with E-state index in [1.165, 1.54) is 64.7 Å². The van der Waals surface area contributed by atoms with Crippen molar-refractivity contribution in [1.29, 1.82) is 0 Å². The van der Waals surface area contributed by atoms with Crippen molar-refractivity contribution in [3.8, 4) is 0 Å². The van der Waals surface area contributed by atoms with E-state index < -0.39 is 21.5 Å². The van der Waals surface area contributed by atoms with Gasteiger partial charge in [-0.05, 0) is 19.8 Å². The van der Waals surface area contributed by atoms with E-state index in [9.17, 15) is 18.1 Å². The van der Waals surface area contributed by atoms with Crippen LogP contribution in [0.5, 0.6) is 0 Å². The Hall–Kier alpha value is 0.870. The maximum absolute atomic E-state index is 11.1. The Labute approximate surface area is 172 Å². The Bertz CT molecular complexity index is 358. The standard InChI is InChI=1S/C18H38O4S.Na/c1-3-4-5-6-7-8-9-10-11-12-13-14-15-18(16-17(2)19)23(20,21)22;/h17-19H,3-16H2,1-2H3,(H,20,21,22);/q;+1/p-1. The van der Waals surface area contributed by atoms with E-state index in [2.05, 4.69) is 6.92 Å². The smallest absolute Gasteiger partial charge is 0.748 e. The van der Waals surface area contributed by atoms with E-state index in [-0.39, 0.29) is 36.0 Å². The van der Waals surface area contributed by atoms with E-state index in [0.29, 0.717) is 6.42 Å². The second-order valence-corrected chi connectivity index (χ2v) is 8.53. The summed E-state index contributed by atoms with van der Waals surface area (Å²) in [7, 11) is -4.28. The van der Waals surface area contributed by atoms with Gasteiger partial charge in [-0.25, -0.2) is 8.42 Å². The van der Waals surface area contributed by atoms with Crippen LogP contribution in [-0.4, -0.2) is 29.4 Å². The van der Waals surface area contributed by atoms with Crippen LogP contribution in [0.2, 0.25) is 0 Å². The van der Waals surface area contributed by atoms with Crippen LogP contribution >= 0.6 is 0 Å². The fourth-order valence-electron chi connectivity index (χ4n) is 2.97. The minimum Gasteiger partial charge on any atom is -0.748 e. The fourth-order valence-corrected chi connectivity index (χ4v) is 3.94. The summed E-state index contributed by atoms with van der Waals surface area (Å²) in [4.78, 5) is 0. The molecule has 0 aromatic rings. The van der Waals surface area contributed by atoms with Gasteiger partial charge in [0.05, 0.1) is 21.5 Å². The summed E-state index contributed by atoms with van der Waals surface area (Å²) in [5.41, 5.74) is 0. The van der Waals surface area contributed by atoms with Crippen LogP contribution in [0.25, 0.3) is 0 Å². The fraction of sp³-hybridized carbons (Fsp3) is 1.00. The van der Waals surface area contributed by atoms with E-state index in [1.807, 2.05) is 0 Å². The molecule has 0 bridgehead atoms. The summed E-state index contributed by atoms with van der Waals surface area (Å²) >= 11 is 0. The van der Waals surface area contributed by atoms with Gasteiger partial charge in [-0.15, -0.1) is 0 Å². The molecule has 0 fully saturated rings. The number of rotatable bonds is 16. The van der Waals surface area contributed by atoms with E-state index in [1.54, 1.807) is 0 Å². The summed E-state index contributed by atoms with van der Waals surface area (Å²) in [6, 6.07) is 0. The van der Waals surface area contributed by atoms with Crippen LogP contribution in [0.3, 0.4) is 0 Å². The maximum Gasteiger partial charge on any atom is 1.00 e. The third-order valence-electron chi connectivity index (χ3n) is 4.39. The molecule has 0 rings (SSSR count). The summed E-state index contributed by atoms with van der Waals surface area (Å²) in [5.74, 6) is 0. The van der Waals surface area contributed by atoms with Crippen molar-refractivity contribution in [1.82, 2.24) is 0 Å². The number of aliphatic hydroxyl groups excluding tert-OH is 1. The van der Waals surface area contributed by atoms with Crippen molar-refractivity contribution in [3.05, 3.63) is 0 Å². The molecule has 1 N–H and O–H groups in total. The number of hydrogen-bond donors (Lipinski definition) is 1. The zero-order chi connectivity index (χ0) is 17.6. The molecule has 0 heterocycles. The monoisotopic (exact) mass is 372 g/mol. The van der Waals surface area contributed by atoms with Gasteiger partial charge in [0.2, 0.25) is 0 Å². The van der Waals surface area contributed by atoms with Crippen molar-refractivity contribution < 1.29 is 47.6 Å². The predicted octanol–water partition coefficient (Wildman–Crippen LogP) is 1.77. The molecule has 6 heteroatoms. The van der Waals surface area contributed by atoms with Gasteiger partial charge in [0, 0.05) is 0 Å². The number of unbranched alkanes of at least 4 members (excludes halogenated alkanes) is 11. The van der Waals surface area contributed by atoms with E-state index >= 15 is 0 Å². The second-order valence-electron chi connectivity index (χ2n) is 6.88. The number of hydrogen-bond acceptors (Lipinski definition) is 4. The van der Waals surface area contributed by atoms with Crippen molar-refractivity contribution in [2.45, 2.75) is 115 Å². The average molecular weight is 373 g/mol. The van der Waals surface area contributed by atoms with E-state index in [0.717, 1.165) is 19.3 Å². The second kappa shape index (κ2) is 17.3. The maximum atomic E-state index is 11.1. The normalized spacial score (nSPS) is 14.2. The Kier molecular flexibility index (Phi) is 19.5. The first-order valence-electron chi connectivity index (χ1n) is 9.50. The Morgan fingerprint density at radius 2 is 1.21 bits per heavy atom. The molecule has 0 aliphatic carbocycles. The third kappa shape index (κ3) is 17.7. The molecule has 0 aliphatic rings. The molecule has 0 amide bonds. The molecule has 0 saturated carbocycles. The van der Waals surface area contributed by atoms with Crippen LogP contribution in [0.1, 0.15) is 104 Å². The minimum absolute atomic E-state index is 0. The van der Waals surface area contributed by atoms with Gasteiger partial charge in [-0.2, -0.15) is 0 Å². The molecule has 2 unspecified atom stereocenters. The Morgan fingerprint density at radius 3 is 1.54 bits per heavy atom. The Balaban J connectivity index is 0. The van der Waals surface area contributed by atoms with Gasteiger partial charge in [-0.3, -0.25) is 0 Å². The zero-order valence-corrected chi connectivity index (χ0v) is 19.0. The van der Waals surface area contributed by atoms with E-state index in [4.69, 9.17) is 0 Å².